The molecule has 1 aliphatic heterocycles. The molecule has 6 heteroatoms. The van der Waals surface area contributed by atoms with Crippen LogP contribution in [0.1, 0.15) is 18.9 Å². The second-order valence-corrected chi connectivity index (χ2v) is 5.37. The van der Waals surface area contributed by atoms with Crippen molar-refractivity contribution in [2.24, 2.45) is 5.41 Å². The van der Waals surface area contributed by atoms with Crippen molar-refractivity contribution in [3.8, 4) is 5.75 Å². The van der Waals surface area contributed by atoms with Crippen LogP contribution in [0, 0.1) is 5.41 Å². The molecular weight excluding hydrogens is 260 g/mol. The summed E-state index contributed by atoms with van der Waals surface area (Å²) in [6, 6.07) is 6.35. The van der Waals surface area contributed by atoms with Gasteiger partial charge in [-0.1, -0.05) is 12.1 Å². The number of rotatable bonds is 3. The Hall–Kier alpha value is -2.24. The highest BCUT2D eigenvalue weighted by Gasteiger charge is 2.42. The number of benzene rings is 1. The van der Waals surface area contributed by atoms with Crippen LogP contribution in [0.25, 0.3) is 0 Å². The monoisotopic (exact) mass is 278 g/mol. The van der Waals surface area contributed by atoms with Gasteiger partial charge in [-0.25, -0.2) is 4.79 Å². The summed E-state index contributed by atoms with van der Waals surface area (Å²) in [6.07, 6.45) is 0.460. The van der Waals surface area contributed by atoms with Crippen LogP contribution in [-0.4, -0.2) is 40.2 Å². The number of phenols is 1. The van der Waals surface area contributed by atoms with Crippen molar-refractivity contribution in [2.45, 2.75) is 19.9 Å². The number of hydrogen-bond acceptors (Lipinski definition) is 3. The number of urea groups is 1. The normalized spacial score (nSPS) is 21.8. The molecule has 0 aliphatic carbocycles. The van der Waals surface area contributed by atoms with E-state index in [4.69, 9.17) is 5.11 Å². The van der Waals surface area contributed by atoms with Gasteiger partial charge < -0.3 is 20.4 Å². The Labute approximate surface area is 117 Å². The number of phenolic OH excluding ortho intramolecular Hbond substituents is 1. The number of aliphatic carboxylic acids is 1. The largest absolute Gasteiger partial charge is 0.508 e. The summed E-state index contributed by atoms with van der Waals surface area (Å²) in [5, 5.41) is 21.2. The van der Waals surface area contributed by atoms with Crippen molar-refractivity contribution in [3.63, 3.8) is 0 Å². The van der Waals surface area contributed by atoms with E-state index in [0.29, 0.717) is 19.5 Å². The molecule has 1 atom stereocenters. The van der Waals surface area contributed by atoms with Crippen LogP contribution in [0.3, 0.4) is 0 Å². The Balaban J connectivity index is 1.89. The van der Waals surface area contributed by atoms with E-state index >= 15 is 0 Å². The highest BCUT2D eigenvalue weighted by atomic mass is 16.4. The number of amides is 2. The fraction of sp³-hybridized carbons (Fsp3) is 0.429. The first-order valence-corrected chi connectivity index (χ1v) is 6.45. The fourth-order valence-electron chi connectivity index (χ4n) is 2.26. The molecule has 1 aromatic rings. The quantitative estimate of drug-likeness (QED) is 0.779. The third-order valence-electron chi connectivity index (χ3n) is 3.63. The van der Waals surface area contributed by atoms with E-state index in [0.717, 1.165) is 5.56 Å². The van der Waals surface area contributed by atoms with Gasteiger partial charge in [0.2, 0.25) is 0 Å². The maximum absolute atomic E-state index is 12.0. The van der Waals surface area contributed by atoms with E-state index in [1.807, 2.05) is 0 Å². The number of hydrogen-bond donors (Lipinski definition) is 3. The number of carboxylic acids is 1. The van der Waals surface area contributed by atoms with Crippen molar-refractivity contribution >= 4 is 12.0 Å². The second kappa shape index (κ2) is 5.40. The molecule has 1 heterocycles. The van der Waals surface area contributed by atoms with Gasteiger partial charge in [0.15, 0.2) is 0 Å². The summed E-state index contributed by atoms with van der Waals surface area (Å²) in [5.74, 6) is -0.725. The van der Waals surface area contributed by atoms with Crippen LogP contribution in [0.4, 0.5) is 4.79 Å². The number of nitrogens with one attached hydrogen (secondary N) is 1. The van der Waals surface area contributed by atoms with Gasteiger partial charge in [0.05, 0.1) is 5.41 Å². The predicted molar refractivity (Wildman–Crippen MR) is 72.3 cm³/mol. The van der Waals surface area contributed by atoms with Crippen LogP contribution >= 0.6 is 0 Å². The fourth-order valence-corrected chi connectivity index (χ4v) is 2.26. The molecule has 0 aromatic heterocycles. The zero-order valence-corrected chi connectivity index (χ0v) is 11.3. The first kappa shape index (κ1) is 14.2. The molecule has 1 saturated heterocycles. The van der Waals surface area contributed by atoms with Crippen molar-refractivity contribution in [2.75, 3.05) is 13.1 Å². The van der Waals surface area contributed by atoms with Gasteiger partial charge in [-0.05, 0) is 31.0 Å². The minimum Gasteiger partial charge on any atom is -0.508 e. The van der Waals surface area contributed by atoms with E-state index in [1.165, 1.54) is 4.90 Å². The number of aromatic hydroxyl groups is 1. The summed E-state index contributed by atoms with van der Waals surface area (Å²) < 4.78 is 0. The summed E-state index contributed by atoms with van der Waals surface area (Å²) >= 11 is 0. The Morgan fingerprint density at radius 1 is 1.45 bits per heavy atom. The molecule has 1 fully saturated rings. The van der Waals surface area contributed by atoms with Crippen LogP contribution in [0.5, 0.6) is 5.75 Å². The number of likely N-dealkylation sites (tertiary alicyclic amines) is 1. The molecule has 0 saturated carbocycles. The number of carbonyl (C=O) groups is 2. The van der Waals surface area contributed by atoms with Crippen LogP contribution in [0.2, 0.25) is 0 Å². The third kappa shape index (κ3) is 3.01. The molecule has 0 spiro atoms. The van der Waals surface area contributed by atoms with Gasteiger partial charge in [-0.3, -0.25) is 4.79 Å². The zero-order chi connectivity index (χ0) is 14.8. The number of nitrogens with zero attached hydrogens (tertiary/aromatic N) is 1. The standard InChI is InChI=1S/C14H18N2O4/c1-14(12(18)19)5-6-16(9-14)13(20)15-8-10-3-2-4-11(17)7-10/h2-4,7,17H,5-6,8-9H2,1H3,(H,15,20)(H,18,19). The molecule has 1 aromatic carbocycles. The van der Waals surface area contributed by atoms with Gasteiger partial charge in [0, 0.05) is 19.6 Å². The lowest BCUT2D eigenvalue weighted by molar-refractivity contribution is -0.147. The number of carboxylic acid groups (broad SMARTS) is 1. The Bertz CT molecular complexity index is 532. The number of carbonyl (C=O) groups excluding carboxylic acids is 1. The minimum absolute atomic E-state index is 0.149. The van der Waals surface area contributed by atoms with E-state index in [9.17, 15) is 14.7 Å². The second-order valence-electron chi connectivity index (χ2n) is 5.37. The van der Waals surface area contributed by atoms with Gasteiger partial charge in [-0.2, -0.15) is 0 Å². The van der Waals surface area contributed by atoms with Crippen molar-refractivity contribution in [1.82, 2.24) is 10.2 Å². The van der Waals surface area contributed by atoms with Crippen molar-refractivity contribution in [3.05, 3.63) is 29.8 Å². The van der Waals surface area contributed by atoms with Gasteiger partial charge in [0.25, 0.3) is 0 Å². The molecule has 0 radical (unpaired) electrons. The first-order chi connectivity index (χ1) is 9.40. The zero-order valence-electron chi connectivity index (χ0n) is 11.3. The highest BCUT2D eigenvalue weighted by molar-refractivity contribution is 5.79. The molecule has 108 valence electrons. The average Bonchev–Trinajstić information content (AvgIpc) is 2.80. The van der Waals surface area contributed by atoms with Crippen LogP contribution in [0.15, 0.2) is 24.3 Å². The van der Waals surface area contributed by atoms with Gasteiger partial charge in [0.1, 0.15) is 5.75 Å². The minimum atomic E-state index is -0.874. The molecule has 3 N–H and O–H groups in total. The van der Waals surface area contributed by atoms with Crippen molar-refractivity contribution in [1.29, 1.82) is 0 Å². The molecular formula is C14H18N2O4. The first-order valence-electron chi connectivity index (χ1n) is 6.45. The van der Waals surface area contributed by atoms with Crippen LogP contribution < -0.4 is 5.32 Å². The molecule has 1 unspecified atom stereocenters. The van der Waals surface area contributed by atoms with E-state index < -0.39 is 11.4 Å². The van der Waals surface area contributed by atoms with Crippen LogP contribution in [-0.2, 0) is 11.3 Å². The SMILES string of the molecule is CC1(C(=O)O)CCN(C(=O)NCc2cccc(O)c2)C1. The predicted octanol–water partition coefficient (Wildman–Crippen LogP) is 1.40. The van der Waals surface area contributed by atoms with E-state index in [-0.39, 0.29) is 18.3 Å². The van der Waals surface area contributed by atoms with Gasteiger partial charge >= 0.3 is 12.0 Å². The topological polar surface area (TPSA) is 89.9 Å². The lowest BCUT2D eigenvalue weighted by atomic mass is 9.90. The smallest absolute Gasteiger partial charge is 0.317 e. The third-order valence-corrected chi connectivity index (χ3v) is 3.63. The summed E-state index contributed by atoms with van der Waals surface area (Å²) in [7, 11) is 0. The average molecular weight is 278 g/mol. The summed E-state index contributed by atoms with van der Waals surface area (Å²) in [4.78, 5) is 24.6. The Morgan fingerprint density at radius 3 is 2.80 bits per heavy atom. The highest BCUT2D eigenvalue weighted by Crippen LogP contribution is 2.29. The Morgan fingerprint density at radius 2 is 2.20 bits per heavy atom. The molecule has 20 heavy (non-hydrogen) atoms. The van der Waals surface area contributed by atoms with E-state index in [2.05, 4.69) is 5.32 Å². The molecule has 0 bridgehead atoms. The molecule has 2 amide bonds. The summed E-state index contributed by atoms with van der Waals surface area (Å²) in [6.45, 7) is 2.61. The van der Waals surface area contributed by atoms with E-state index in [1.54, 1.807) is 31.2 Å². The molecule has 6 nitrogen and oxygen atoms in total. The summed E-state index contributed by atoms with van der Waals surface area (Å²) in [5.41, 5.74) is -0.0685. The lowest BCUT2D eigenvalue weighted by Gasteiger charge is -2.20. The molecule has 1 aliphatic rings. The maximum Gasteiger partial charge on any atom is 0.317 e. The van der Waals surface area contributed by atoms with Gasteiger partial charge in [-0.15, -0.1) is 0 Å². The van der Waals surface area contributed by atoms with Crippen molar-refractivity contribution < 1.29 is 19.8 Å². The molecule has 2 rings (SSSR count). The Kier molecular flexibility index (Phi) is 3.83. The maximum atomic E-state index is 12.0. The lowest BCUT2D eigenvalue weighted by Crippen LogP contribution is -2.40.